The molecule has 1 aliphatic heterocycles. The number of pyridine rings is 1. The number of hydrogen-bond acceptors (Lipinski definition) is 4. The second-order valence-electron chi connectivity index (χ2n) is 9.42. The summed E-state index contributed by atoms with van der Waals surface area (Å²) in [6.07, 6.45) is 11.9. The Bertz CT molecular complexity index is 825. The van der Waals surface area contributed by atoms with E-state index in [0.29, 0.717) is 19.5 Å². The molecule has 1 unspecified atom stereocenters. The van der Waals surface area contributed by atoms with Crippen LogP contribution in [-0.2, 0) is 0 Å². The van der Waals surface area contributed by atoms with E-state index in [1.54, 1.807) is 17.3 Å². The van der Waals surface area contributed by atoms with Gasteiger partial charge in [-0.1, -0.05) is 33.1 Å². The minimum atomic E-state index is -0.494. The number of aliphatic hydroxyl groups excluding tert-OH is 1. The summed E-state index contributed by atoms with van der Waals surface area (Å²) in [6, 6.07) is 0.138. The molecule has 2 fully saturated rings. The van der Waals surface area contributed by atoms with Crippen LogP contribution in [0.1, 0.15) is 98.4 Å². The van der Waals surface area contributed by atoms with Crippen LogP contribution in [0.2, 0.25) is 0 Å². The summed E-state index contributed by atoms with van der Waals surface area (Å²) in [5, 5.41) is 12.3. The van der Waals surface area contributed by atoms with Crippen molar-refractivity contribution in [3.05, 3.63) is 33.7 Å². The van der Waals surface area contributed by atoms with Gasteiger partial charge in [0.05, 0.1) is 0 Å². The van der Waals surface area contributed by atoms with Crippen LogP contribution in [0, 0.1) is 5.92 Å². The molecule has 0 spiro atoms. The van der Waals surface area contributed by atoms with E-state index in [1.165, 1.54) is 6.42 Å². The topological polar surface area (TPSA) is 91.6 Å². The molecule has 3 rings (SSSR count). The van der Waals surface area contributed by atoms with Gasteiger partial charge in [-0.05, 0) is 44.4 Å². The summed E-state index contributed by atoms with van der Waals surface area (Å²) in [5.41, 5.74) is -0.368. The van der Waals surface area contributed by atoms with Crippen LogP contribution in [-0.4, -0.2) is 52.1 Å². The number of carbonyl (C=O) groups excluding carboxylic acids is 2. The maximum atomic E-state index is 13.5. The van der Waals surface area contributed by atoms with Crippen molar-refractivity contribution in [1.29, 1.82) is 0 Å². The zero-order valence-electron chi connectivity index (χ0n) is 18.9. The lowest BCUT2D eigenvalue weighted by Crippen LogP contribution is -2.46. The van der Waals surface area contributed by atoms with E-state index < -0.39 is 11.3 Å². The molecule has 2 amide bonds. The first kappa shape index (κ1) is 23.5. The number of hydrogen-bond donors (Lipinski definition) is 2. The van der Waals surface area contributed by atoms with Crippen molar-refractivity contribution in [2.24, 2.45) is 5.92 Å². The second kappa shape index (κ2) is 10.9. The number of carbonyl (C=O) groups is 2. The van der Waals surface area contributed by atoms with E-state index in [9.17, 15) is 19.5 Å². The van der Waals surface area contributed by atoms with Crippen LogP contribution < -0.4 is 10.7 Å². The number of amides is 2. The SMILES string of the molecule is CC(C)CNC(=O)c1cn(C2CCCCC2)cc(C(=O)N2CCCCC2CCO)c1=O. The fourth-order valence-corrected chi connectivity index (χ4v) is 4.77. The third-order valence-electron chi connectivity index (χ3n) is 6.54. The maximum absolute atomic E-state index is 13.5. The van der Waals surface area contributed by atoms with E-state index in [-0.39, 0.29) is 41.6 Å². The molecule has 2 aliphatic rings. The highest BCUT2D eigenvalue weighted by molar-refractivity contribution is 5.99. The third-order valence-corrected chi connectivity index (χ3v) is 6.54. The first-order valence-electron chi connectivity index (χ1n) is 11.9. The molecule has 0 bridgehead atoms. The molecule has 1 aliphatic carbocycles. The van der Waals surface area contributed by atoms with E-state index in [1.807, 2.05) is 18.4 Å². The van der Waals surface area contributed by atoms with Crippen molar-refractivity contribution >= 4 is 11.8 Å². The lowest BCUT2D eigenvalue weighted by Gasteiger charge is -2.35. The molecular weight excluding hydrogens is 394 g/mol. The molecule has 2 heterocycles. The van der Waals surface area contributed by atoms with Crippen molar-refractivity contribution in [3.8, 4) is 0 Å². The van der Waals surface area contributed by atoms with Gasteiger partial charge in [0.1, 0.15) is 11.1 Å². The lowest BCUT2D eigenvalue weighted by atomic mass is 9.94. The standard InChI is InChI=1S/C24H37N3O4/c1-17(2)14-25-23(30)20-15-26(18-8-4-3-5-9-18)16-21(22(20)29)24(31)27-12-7-6-10-19(27)11-13-28/h15-19,28H,3-14H2,1-2H3,(H,25,30). The number of nitrogens with one attached hydrogen (secondary N) is 1. The molecule has 1 saturated carbocycles. The number of rotatable bonds is 7. The average molecular weight is 432 g/mol. The van der Waals surface area contributed by atoms with Crippen LogP contribution >= 0.6 is 0 Å². The molecule has 1 aromatic heterocycles. The highest BCUT2D eigenvalue weighted by atomic mass is 16.3. The van der Waals surface area contributed by atoms with Gasteiger partial charge >= 0.3 is 0 Å². The smallest absolute Gasteiger partial charge is 0.259 e. The lowest BCUT2D eigenvalue weighted by molar-refractivity contribution is 0.0572. The monoisotopic (exact) mass is 431 g/mol. The molecule has 1 atom stereocenters. The zero-order valence-corrected chi connectivity index (χ0v) is 18.9. The predicted molar refractivity (Wildman–Crippen MR) is 120 cm³/mol. The first-order chi connectivity index (χ1) is 14.9. The summed E-state index contributed by atoms with van der Waals surface area (Å²) in [6.45, 7) is 5.06. The van der Waals surface area contributed by atoms with Gasteiger partial charge in [0.2, 0.25) is 5.43 Å². The Labute approximate surface area is 184 Å². The molecular formula is C24H37N3O4. The molecule has 7 nitrogen and oxygen atoms in total. The number of aliphatic hydroxyl groups is 1. The Morgan fingerprint density at radius 2 is 1.74 bits per heavy atom. The minimum Gasteiger partial charge on any atom is -0.396 e. The molecule has 1 aromatic rings. The maximum Gasteiger partial charge on any atom is 0.259 e. The Balaban J connectivity index is 1.98. The molecule has 0 radical (unpaired) electrons. The summed E-state index contributed by atoms with van der Waals surface area (Å²) in [7, 11) is 0. The highest BCUT2D eigenvalue weighted by Crippen LogP contribution is 2.28. The van der Waals surface area contributed by atoms with Crippen LogP contribution in [0.15, 0.2) is 17.2 Å². The van der Waals surface area contributed by atoms with Gasteiger partial charge in [0.15, 0.2) is 0 Å². The molecule has 172 valence electrons. The van der Waals surface area contributed by atoms with E-state index in [4.69, 9.17) is 0 Å². The van der Waals surface area contributed by atoms with Crippen LogP contribution in [0.5, 0.6) is 0 Å². The van der Waals surface area contributed by atoms with Gasteiger partial charge < -0.3 is 19.9 Å². The van der Waals surface area contributed by atoms with E-state index in [0.717, 1.165) is 44.9 Å². The summed E-state index contributed by atoms with van der Waals surface area (Å²) < 4.78 is 1.93. The molecule has 31 heavy (non-hydrogen) atoms. The van der Waals surface area contributed by atoms with Crippen molar-refractivity contribution in [2.45, 2.75) is 83.7 Å². The molecule has 2 N–H and O–H groups in total. The fraction of sp³-hybridized carbons (Fsp3) is 0.708. The van der Waals surface area contributed by atoms with Gasteiger partial charge in [-0.2, -0.15) is 0 Å². The minimum absolute atomic E-state index is 0.0123. The fourth-order valence-electron chi connectivity index (χ4n) is 4.77. The van der Waals surface area contributed by atoms with Gasteiger partial charge in [0, 0.05) is 44.2 Å². The van der Waals surface area contributed by atoms with Crippen molar-refractivity contribution < 1.29 is 14.7 Å². The van der Waals surface area contributed by atoms with E-state index >= 15 is 0 Å². The predicted octanol–water partition coefficient (Wildman–Crippen LogP) is 3.12. The Hall–Kier alpha value is -2.15. The Morgan fingerprint density at radius 1 is 1.06 bits per heavy atom. The number of aromatic nitrogens is 1. The zero-order chi connectivity index (χ0) is 22.4. The van der Waals surface area contributed by atoms with Crippen LogP contribution in [0.4, 0.5) is 0 Å². The Kier molecular flexibility index (Phi) is 8.29. The normalized spacial score (nSPS) is 20.1. The largest absolute Gasteiger partial charge is 0.396 e. The second-order valence-corrected chi connectivity index (χ2v) is 9.42. The van der Waals surface area contributed by atoms with Gasteiger partial charge in [-0.3, -0.25) is 14.4 Å². The van der Waals surface area contributed by atoms with Gasteiger partial charge in [0.25, 0.3) is 11.8 Å². The Morgan fingerprint density at radius 3 is 2.42 bits per heavy atom. The summed E-state index contributed by atoms with van der Waals surface area (Å²) in [4.78, 5) is 41.3. The van der Waals surface area contributed by atoms with E-state index in [2.05, 4.69) is 5.32 Å². The first-order valence-corrected chi connectivity index (χ1v) is 11.9. The van der Waals surface area contributed by atoms with Gasteiger partial charge in [-0.15, -0.1) is 0 Å². The van der Waals surface area contributed by atoms with Crippen LogP contribution in [0.25, 0.3) is 0 Å². The third kappa shape index (κ3) is 5.76. The number of piperidine rings is 1. The number of likely N-dealkylation sites (tertiary alicyclic amines) is 1. The molecule has 1 saturated heterocycles. The number of nitrogens with zero attached hydrogens (tertiary/aromatic N) is 2. The van der Waals surface area contributed by atoms with Crippen molar-refractivity contribution in [3.63, 3.8) is 0 Å². The average Bonchev–Trinajstić information content (AvgIpc) is 2.78. The molecule has 7 heteroatoms. The van der Waals surface area contributed by atoms with Crippen LogP contribution in [0.3, 0.4) is 0 Å². The highest BCUT2D eigenvalue weighted by Gasteiger charge is 2.30. The molecule has 0 aromatic carbocycles. The summed E-state index contributed by atoms with van der Waals surface area (Å²) >= 11 is 0. The van der Waals surface area contributed by atoms with Gasteiger partial charge in [-0.25, -0.2) is 0 Å². The summed E-state index contributed by atoms with van der Waals surface area (Å²) in [5.74, 6) is -0.461. The van der Waals surface area contributed by atoms with Crippen molar-refractivity contribution in [2.75, 3.05) is 19.7 Å². The van der Waals surface area contributed by atoms with Crippen molar-refractivity contribution in [1.82, 2.24) is 14.8 Å². The quantitative estimate of drug-likeness (QED) is 0.694.